The van der Waals surface area contributed by atoms with Crippen LogP contribution in [0.1, 0.15) is 27.7 Å². The summed E-state index contributed by atoms with van der Waals surface area (Å²) in [5.74, 6) is 0.0145. The summed E-state index contributed by atoms with van der Waals surface area (Å²) >= 11 is 0. The first-order valence-corrected chi connectivity index (χ1v) is 9.33. The van der Waals surface area contributed by atoms with Crippen LogP contribution in [0.3, 0.4) is 0 Å². The van der Waals surface area contributed by atoms with Gasteiger partial charge in [0.2, 0.25) is 5.91 Å². The number of carbonyl (C=O) groups excluding carboxylic acids is 1. The van der Waals surface area contributed by atoms with Crippen molar-refractivity contribution in [2.24, 2.45) is 0 Å². The number of likely N-dealkylation sites (N-methyl/N-ethyl adjacent to an activating group) is 1. The lowest BCUT2D eigenvalue weighted by atomic mass is 9.79. The van der Waals surface area contributed by atoms with E-state index in [1.807, 2.05) is 52.0 Å². The number of carbonyl (C=O) groups is 1. The van der Waals surface area contributed by atoms with Gasteiger partial charge in [0, 0.05) is 31.9 Å². The first-order valence-electron chi connectivity index (χ1n) is 9.33. The SMILES string of the molecule is CN1CCN(CC(=O)Nc2cccc(B3OC(C)(C)C(C)(C)O3)c2)CC1. The molecule has 1 aromatic rings. The van der Waals surface area contributed by atoms with Gasteiger partial charge in [0.05, 0.1) is 17.7 Å². The van der Waals surface area contributed by atoms with Gasteiger partial charge < -0.3 is 19.5 Å². The molecule has 3 rings (SSSR count). The minimum Gasteiger partial charge on any atom is -0.399 e. The first-order chi connectivity index (χ1) is 12.2. The smallest absolute Gasteiger partial charge is 0.399 e. The van der Waals surface area contributed by atoms with Crippen LogP contribution >= 0.6 is 0 Å². The highest BCUT2D eigenvalue weighted by Crippen LogP contribution is 2.36. The maximum Gasteiger partial charge on any atom is 0.494 e. The van der Waals surface area contributed by atoms with Crippen molar-refractivity contribution in [3.05, 3.63) is 24.3 Å². The average molecular weight is 359 g/mol. The first kappa shape index (κ1) is 19.4. The van der Waals surface area contributed by atoms with Crippen LogP contribution in [0.5, 0.6) is 0 Å². The van der Waals surface area contributed by atoms with Gasteiger partial charge in [0.1, 0.15) is 0 Å². The molecule has 0 unspecified atom stereocenters. The number of hydrogen-bond donors (Lipinski definition) is 1. The van der Waals surface area contributed by atoms with Gasteiger partial charge in [0.15, 0.2) is 0 Å². The van der Waals surface area contributed by atoms with E-state index in [1.165, 1.54) is 0 Å². The van der Waals surface area contributed by atoms with E-state index in [-0.39, 0.29) is 17.1 Å². The zero-order valence-electron chi connectivity index (χ0n) is 16.5. The van der Waals surface area contributed by atoms with Crippen LogP contribution in [-0.2, 0) is 14.1 Å². The molecule has 26 heavy (non-hydrogen) atoms. The second kappa shape index (κ2) is 7.31. The summed E-state index contributed by atoms with van der Waals surface area (Å²) in [6.07, 6.45) is 0. The predicted octanol–water partition coefficient (Wildman–Crippen LogP) is 1.17. The second-order valence-electron chi connectivity index (χ2n) is 8.34. The minimum atomic E-state index is -0.422. The zero-order chi connectivity index (χ0) is 18.9. The third-order valence-electron chi connectivity index (χ3n) is 5.66. The standard InChI is InChI=1S/C19H30BN3O3/c1-18(2)19(3,4)26-20(25-18)15-7-6-8-16(13-15)21-17(24)14-23-11-9-22(5)10-12-23/h6-8,13H,9-12,14H2,1-5H3,(H,21,24). The van der Waals surface area contributed by atoms with Crippen molar-refractivity contribution in [1.82, 2.24) is 9.80 Å². The van der Waals surface area contributed by atoms with Gasteiger partial charge in [0.25, 0.3) is 0 Å². The van der Waals surface area contributed by atoms with Crippen molar-refractivity contribution in [3.8, 4) is 0 Å². The van der Waals surface area contributed by atoms with Crippen LogP contribution in [0.4, 0.5) is 5.69 Å². The van der Waals surface area contributed by atoms with Gasteiger partial charge in [-0.3, -0.25) is 9.69 Å². The van der Waals surface area contributed by atoms with Crippen molar-refractivity contribution in [3.63, 3.8) is 0 Å². The second-order valence-corrected chi connectivity index (χ2v) is 8.34. The molecule has 2 heterocycles. The van der Waals surface area contributed by atoms with Crippen molar-refractivity contribution < 1.29 is 14.1 Å². The monoisotopic (exact) mass is 359 g/mol. The van der Waals surface area contributed by atoms with E-state index >= 15 is 0 Å². The number of anilines is 1. The van der Waals surface area contributed by atoms with Crippen molar-refractivity contribution in [2.75, 3.05) is 45.1 Å². The van der Waals surface area contributed by atoms with E-state index < -0.39 is 7.12 Å². The number of hydrogen-bond acceptors (Lipinski definition) is 5. The van der Waals surface area contributed by atoms with E-state index in [0.29, 0.717) is 6.54 Å². The Morgan fingerprint density at radius 1 is 1.12 bits per heavy atom. The molecule has 0 atom stereocenters. The number of amides is 1. The predicted molar refractivity (Wildman–Crippen MR) is 105 cm³/mol. The van der Waals surface area contributed by atoms with E-state index in [1.54, 1.807) is 0 Å². The Hall–Kier alpha value is -1.41. The molecule has 0 bridgehead atoms. The maximum absolute atomic E-state index is 12.4. The molecule has 0 saturated carbocycles. The molecule has 0 spiro atoms. The molecule has 6 nitrogen and oxygen atoms in total. The number of nitrogens with zero attached hydrogens (tertiary/aromatic N) is 2. The largest absolute Gasteiger partial charge is 0.494 e. The lowest BCUT2D eigenvalue weighted by Gasteiger charge is -2.32. The van der Waals surface area contributed by atoms with Gasteiger partial charge in [-0.1, -0.05) is 12.1 Å². The number of benzene rings is 1. The lowest BCUT2D eigenvalue weighted by molar-refractivity contribution is -0.117. The van der Waals surface area contributed by atoms with Crippen LogP contribution in [0.2, 0.25) is 0 Å². The molecule has 0 aliphatic carbocycles. The molecule has 0 radical (unpaired) electrons. The summed E-state index contributed by atoms with van der Waals surface area (Å²) in [6, 6.07) is 7.73. The number of nitrogens with one attached hydrogen (secondary N) is 1. The highest BCUT2D eigenvalue weighted by Gasteiger charge is 2.51. The Balaban J connectivity index is 1.60. The van der Waals surface area contributed by atoms with Crippen molar-refractivity contribution >= 4 is 24.2 Å². The van der Waals surface area contributed by atoms with E-state index in [9.17, 15) is 4.79 Å². The Labute approximate surface area is 157 Å². The molecular weight excluding hydrogens is 329 g/mol. The fraction of sp³-hybridized carbons (Fsp3) is 0.632. The Morgan fingerprint density at radius 3 is 2.35 bits per heavy atom. The summed E-state index contributed by atoms with van der Waals surface area (Å²) in [7, 11) is 1.69. The molecule has 0 aromatic heterocycles. The molecule has 2 aliphatic rings. The maximum atomic E-state index is 12.4. The molecule has 1 N–H and O–H groups in total. The normalized spacial score (nSPS) is 23.2. The van der Waals surface area contributed by atoms with Gasteiger partial charge in [-0.15, -0.1) is 0 Å². The van der Waals surface area contributed by atoms with Gasteiger partial charge in [-0.05, 0) is 52.3 Å². The Morgan fingerprint density at radius 2 is 1.73 bits per heavy atom. The highest BCUT2D eigenvalue weighted by atomic mass is 16.7. The van der Waals surface area contributed by atoms with E-state index in [2.05, 4.69) is 22.2 Å². The summed E-state index contributed by atoms with van der Waals surface area (Å²) in [6.45, 7) is 12.4. The fourth-order valence-electron chi connectivity index (χ4n) is 3.15. The quantitative estimate of drug-likeness (QED) is 0.818. The lowest BCUT2D eigenvalue weighted by Crippen LogP contribution is -2.47. The van der Waals surface area contributed by atoms with Crippen molar-refractivity contribution in [1.29, 1.82) is 0 Å². The zero-order valence-corrected chi connectivity index (χ0v) is 16.5. The number of piperazine rings is 1. The van der Waals surface area contributed by atoms with Crippen LogP contribution in [0.15, 0.2) is 24.3 Å². The van der Waals surface area contributed by atoms with Gasteiger partial charge >= 0.3 is 7.12 Å². The topological polar surface area (TPSA) is 54.0 Å². The minimum absolute atomic E-state index is 0.0145. The molecule has 1 aromatic carbocycles. The molecule has 2 fully saturated rings. The fourth-order valence-corrected chi connectivity index (χ4v) is 3.15. The van der Waals surface area contributed by atoms with E-state index in [4.69, 9.17) is 9.31 Å². The molecule has 142 valence electrons. The van der Waals surface area contributed by atoms with Crippen LogP contribution < -0.4 is 10.8 Å². The summed E-state index contributed by atoms with van der Waals surface area (Å²) in [5, 5.41) is 3.00. The van der Waals surface area contributed by atoms with Crippen LogP contribution in [0.25, 0.3) is 0 Å². The molecule has 2 aliphatic heterocycles. The third kappa shape index (κ3) is 4.28. The van der Waals surface area contributed by atoms with Crippen LogP contribution in [0, 0.1) is 0 Å². The summed E-state index contributed by atoms with van der Waals surface area (Å²) in [4.78, 5) is 16.8. The Bertz CT molecular complexity index is 641. The molecule has 2 saturated heterocycles. The van der Waals surface area contributed by atoms with Crippen LogP contribution in [-0.4, -0.2) is 73.8 Å². The highest BCUT2D eigenvalue weighted by molar-refractivity contribution is 6.62. The molecule has 7 heteroatoms. The van der Waals surface area contributed by atoms with Crippen molar-refractivity contribution in [2.45, 2.75) is 38.9 Å². The molecule has 1 amide bonds. The third-order valence-corrected chi connectivity index (χ3v) is 5.66. The van der Waals surface area contributed by atoms with Gasteiger partial charge in [-0.25, -0.2) is 0 Å². The Kier molecular flexibility index (Phi) is 5.44. The van der Waals surface area contributed by atoms with Gasteiger partial charge in [-0.2, -0.15) is 0 Å². The molecular formula is C19H30BN3O3. The summed E-state index contributed by atoms with van der Waals surface area (Å²) < 4.78 is 12.2. The average Bonchev–Trinajstić information content (AvgIpc) is 2.78. The van der Waals surface area contributed by atoms with E-state index in [0.717, 1.165) is 37.3 Å². The number of rotatable bonds is 4. The summed E-state index contributed by atoms with van der Waals surface area (Å²) in [5.41, 5.74) is 0.939.